The molecule has 0 saturated heterocycles. The smallest absolute Gasteiger partial charge is 0.305 e. The maximum Gasteiger partial charge on any atom is 0.305 e. The van der Waals surface area contributed by atoms with Gasteiger partial charge in [0, 0.05) is 24.4 Å². The lowest BCUT2D eigenvalue weighted by Gasteiger charge is -2.18. The first-order chi connectivity index (χ1) is 24.6. The maximum atomic E-state index is 13.6. The van der Waals surface area contributed by atoms with Crippen molar-refractivity contribution in [3.63, 3.8) is 0 Å². The Morgan fingerprint density at radius 2 is 1.80 bits per heavy atom. The molecule has 4 N–H and O–H groups in total. The summed E-state index contributed by atoms with van der Waals surface area (Å²) in [6.07, 6.45) is 3.61. The van der Waals surface area contributed by atoms with Gasteiger partial charge >= 0.3 is 5.97 Å². The number of nitrogens with one attached hydrogen (secondary N) is 2. The summed E-state index contributed by atoms with van der Waals surface area (Å²) in [5.41, 5.74) is 1.43. The van der Waals surface area contributed by atoms with E-state index in [1.54, 1.807) is 49.4 Å². The van der Waals surface area contributed by atoms with Crippen molar-refractivity contribution in [2.75, 3.05) is 31.7 Å². The summed E-state index contributed by atoms with van der Waals surface area (Å²) in [5.74, 6) is -0.642. The van der Waals surface area contributed by atoms with Crippen molar-refractivity contribution in [3.05, 3.63) is 66.5 Å². The molecule has 0 aliphatic carbocycles. The van der Waals surface area contributed by atoms with Crippen LogP contribution in [0.4, 0.5) is 5.82 Å². The quantitative estimate of drug-likeness (QED) is 0.0574. The van der Waals surface area contributed by atoms with E-state index < -0.39 is 21.4 Å². The fraction of sp³-hybridized carbons (Fsp3) is 0.267. The monoisotopic (exact) mass is 724 g/mol. The summed E-state index contributed by atoms with van der Waals surface area (Å²) < 4.78 is 52.5. The van der Waals surface area contributed by atoms with Gasteiger partial charge in [-0.1, -0.05) is 18.2 Å². The Morgan fingerprint density at radius 1 is 0.980 bits per heavy atom. The number of hydrogen-bond donors (Lipinski definition) is 4. The minimum atomic E-state index is -4.35. The Labute approximate surface area is 290 Å². The van der Waals surface area contributed by atoms with E-state index in [-0.39, 0.29) is 66.1 Å². The molecule has 5 rings (SSSR count). The molecule has 0 unspecified atom stereocenters. The van der Waals surface area contributed by atoms with Crippen molar-refractivity contribution >= 4 is 21.8 Å². The van der Waals surface area contributed by atoms with Crippen molar-refractivity contribution in [1.82, 2.24) is 45.9 Å². The largest absolute Gasteiger partial charge is 0.493 e. The molecule has 20 nitrogen and oxygen atoms in total. The first-order valence-corrected chi connectivity index (χ1v) is 16.6. The number of sulfonamides is 1. The number of rotatable bonds is 18. The van der Waals surface area contributed by atoms with Crippen LogP contribution in [0.2, 0.25) is 0 Å². The van der Waals surface area contributed by atoms with Gasteiger partial charge in [0.2, 0.25) is 11.6 Å². The molecule has 0 amide bonds. The first-order valence-electron chi connectivity index (χ1n) is 15.1. The van der Waals surface area contributed by atoms with Crippen molar-refractivity contribution in [2.45, 2.75) is 31.2 Å². The van der Waals surface area contributed by atoms with Crippen LogP contribution in [-0.4, -0.2) is 97.7 Å². The number of anilines is 1. The zero-order chi connectivity index (χ0) is 36.2. The van der Waals surface area contributed by atoms with Gasteiger partial charge in [-0.3, -0.25) is 29.8 Å². The SMILES string of the molecule is COc1ccccc1Oc1c(NS(=O)(=O)c2ccc(C)cn2)nc(-c2ccnc(-c3nn[nH]n3)c2)nc1OCCOC(=O)CCCCON(O)O. The molecule has 0 fully saturated rings. The van der Waals surface area contributed by atoms with Crippen molar-refractivity contribution in [3.8, 4) is 46.0 Å². The van der Waals surface area contributed by atoms with Crippen LogP contribution in [0.3, 0.4) is 0 Å². The maximum absolute atomic E-state index is 13.6. The topological polar surface area (TPSA) is 259 Å². The molecule has 0 aliphatic rings. The lowest BCUT2D eigenvalue weighted by Crippen LogP contribution is -2.18. The third kappa shape index (κ3) is 10.1. The van der Waals surface area contributed by atoms with Gasteiger partial charge in [0.15, 0.2) is 28.2 Å². The average molecular weight is 725 g/mol. The fourth-order valence-electron chi connectivity index (χ4n) is 4.27. The highest BCUT2D eigenvalue weighted by Gasteiger charge is 2.26. The number of aromatic nitrogens is 8. The number of unbranched alkanes of at least 4 members (excludes halogenated alkanes) is 1. The lowest BCUT2D eigenvalue weighted by molar-refractivity contribution is -0.492. The molecule has 4 aromatic heterocycles. The van der Waals surface area contributed by atoms with Gasteiger partial charge in [-0.15, -0.1) is 10.2 Å². The highest BCUT2D eigenvalue weighted by atomic mass is 32.2. The van der Waals surface area contributed by atoms with Crippen molar-refractivity contribution in [1.29, 1.82) is 0 Å². The van der Waals surface area contributed by atoms with Gasteiger partial charge in [0.05, 0.1) is 19.1 Å². The van der Waals surface area contributed by atoms with Gasteiger partial charge in [-0.05, 0) is 60.9 Å². The molecular formula is C30H32N10O10S. The second-order valence-corrected chi connectivity index (χ2v) is 12.0. The van der Waals surface area contributed by atoms with E-state index >= 15 is 0 Å². The molecular weight excluding hydrogens is 692 g/mol. The predicted octanol–water partition coefficient (Wildman–Crippen LogP) is 3.13. The summed E-state index contributed by atoms with van der Waals surface area (Å²) in [4.78, 5) is 34.1. The minimum absolute atomic E-state index is 0.0115. The standard InChI is InChI=1S/C30H32N10O10S/c1-19-10-11-24(32-18-19)51(44,45)37-29-26(50-23-8-4-3-7-22(23)46-2)30(48-16-15-47-25(41)9-5-6-14-49-40(42)43)34-27(33-29)20-12-13-31-21(17-20)28-35-38-39-36-28/h3-4,7-8,10-13,17-18,42-43H,5-6,9,14-16H2,1-2H3,(H,33,34,37)(H,35,36,38,39). The Balaban J connectivity index is 1.50. The van der Waals surface area contributed by atoms with Gasteiger partial charge in [-0.25, -0.2) is 9.97 Å². The van der Waals surface area contributed by atoms with Crippen LogP contribution < -0.4 is 18.9 Å². The minimum Gasteiger partial charge on any atom is -0.493 e. The number of carbonyl (C=O) groups is 1. The summed E-state index contributed by atoms with van der Waals surface area (Å²) in [6, 6.07) is 12.7. The third-order valence-corrected chi connectivity index (χ3v) is 7.92. The summed E-state index contributed by atoms with van der Waals surface area (Å²) in [5, 5.41) is 30.3. The molecule has 0 spiro atoms. The van der Waals surface area contributed by atoms with Gasteiger partial charge in [0.1, 0.15) is 18.9 Å². The lowest BCUT2D eigenvalue weighted by atomic mass is 10.2. The molecule has 0 atom stereocenters. The molecule has 0 bridgehead atoms. The van der Waals surface area contributed by atoms with Crippen LogP contribution in [0.5, 0.6) is 23.1 Å². The van der Waals surface area contributed by atoms with E-state index in [1.165, 1.54) is 25.6 Å². The van der Waals surface area contributed by atoms with Crippen LogP contribution in [0.15, 0.2) is 66.0 Å². The molecule has 51 heavy (non-hydrogen) atoms. The van der Waals surface area contributed by atoms with Gasteiger partial charge in [0.25, 0.3) is 15.9 Å². The average Bonchev–Trinajstić information content (AvgIpc) is 3.67. The van der Waals surface area contributed by atoms with E-state index in [1.807, 2.05) is 0 Å². The van der Waals surface area contributed by atoms with Crippen molar-refractivity contribution in [2.24, 2.45) is 0 Å². The number of nitrogens with zero attached hydrogens (tertiary/aromatic N) is 8. The Bertz CT molecular complexity index is 2020. The van der Waals surface area contributed by atoms with Crippen LogP contribution in [0.1, 0.15) is 24.8 Å². The summed E-state index contributed by atoms with van der Waals surface area (Å²) in [6.45, 7) is 1.31. The van der Waals surface area contributed by atoms with Crippen LogP contribution >= 0.6 is 0 Å². The molecule has 0 radical (unpaired) electrons. The Kier molecular flexibility index (Phi) is 12.3. The molecule has 4 heterocycles. The van der Waals surface area contributed by atoms with Crippen LogP contribution in [0.25, 0.3) is 22.9 Å². The Morgan fingerprint density at radius 3 is 2.53 bits per heavy atom. The van der Waals surface area contributed by atoms with E-state index in [4.69, 9.17) is 29.4 Å². The molecule has 5 aromatic rings. The summed E-state index contributed by atoms with van der Waals surface area (Å²) >= 11 is 0. The number of para-hydroxylation sites is 2. The third-order valence-electron chi connectivity index (χ3n) is 6.67. The number of ether oxygens (including phenoxy) is 4. The normalized spacial score (nSPS) is 11.3. The zero-order valence-corrected chi connectivity index (χ0v) is 28.0. The van der Waals surface area contributed by atoms with Crippen LogP contribution in [-0.2, 0) is 24.4 Å². The van der Waals surface area contributed by atoms with Gasteiger partial charge in [-0.2, -0.15) is 18.6 Å². The highest BCUT2D eigenvalue weighted by Crippen LogP contribution is 2.41. The first kappa shape index (κ1) is 36.4. The number of tetrazole rings is 1. The number of pyridine rings is 2. The van der Waals surface area contributed by atoms with E-state index in [0.29, 0.717) is 29.8 Å². The van der Waals surface area contributed by atoms with E-state index in [2.05, 4.69) is 50.1 Å². The van der Waals surface area contributed by atoms with Crippen LogP contribution in [0, 0.1) is 6.92 Å². The second-order valence-electron chi connectivity index (χ2n) is 10.3. The Hall–Kier alpha value is -5.87. The fourth-order valence-corrected chi connectivity index (χ4v) is 5.21. The number of carbonyl (C=O) groups excluding carboxylic acids is 1. The highest BCUT2D eigenvalue weighted by molar-refractivity contribution is 7.92. The predicted molar refractivity (Wildman–Crippen MR) is 173 cm³/mol. The second kappa shape index (κ2) is 17.2. The van der Waals surface area contributed by atoms with Gasteiger partial charge < -0.3 is 18.9 Å². The zero-order valence-electron chi connectivity index (χ0n) is 27.2. The molecule has 0 aliphatic heterocycles. The number of benzene rings is 1. The summed E-state index contributed by atoms with van der Waals surface area (Å²) in [7, 11) is -2.91. The number of aryl methyl sites for hydroxylation is 1. The molecule has 0 saturated carbocycles. The molecule has 1 aromatic carbocycles. The molecule has 21 heteroatoms. The number of aromatic amines is 1. The number of methoxy groups -OCH3 is 1. The number of esters is 1. The number of hydrogen-bond acceptors (Lipinski definition) is 18. The van der Waals surface area contributed by atoms with E-state index in [0.717, 1.165) is 5.56 Å². The van der Waals surface area contributed by atoms with Crippen molar-refractivity contribution < 1.29 is 47.4 Å². The van der Waals surface area contributed by atoms with E-state index in [9.17, 15) is 13.2 Å². The number of H-pyrrole nitrogens is 1. The molecule has 268 valence electrons.